The molecule has 8 heteroatoms. The Balaban J connectivity index is 2.32. The molecule has 0 saturated heterocycles. The van der Waals surface area contributed by atoms with E-state index in [2.05, 4.69) is 0 Å². The van der Waals surface area contributed by atoms with Crippen LogP contribution in [0.3, 0.4) is 0 Å². The lowest BCUT2D eigenvalue weighted by atomic mass is 9.73. The Kier molecular flexibility index (Phi) is 6.06. The van der Waals surface area contributed by atoms with Gasteiger partial charge in [-0.25, -0.2) is 9.18 Å². The van der Waals surface area contributed by atoms with Crippen molar-refractivity contribution in [3.63, 3.8) is 0 Å². The molecule has 1 atom stereocenters. The van der Waals surface area contributed by atoms with Crippen LogP contribution in [-0.2, 0) is 22.9 Å². The lowest BCUT2D eigenvalue weighted by Gasteiger charge is -2.46. The Hall–Kier alpha value is -2.61. The van der Waals surface area contributed by atoms with Crippen molar-refractivity contribution in [2.75, 3.05) is 6.54 Å². The van der Waals surface area contributed by atoms with Gasteiger partial charge < -0.3 is 9.84 Å². The number of aliphatic hydroxyl groups excluding tert-OH is 1. The molecule has 0 aliphatic carbocycles. The topological polar surface area (TPSA) is 49.8 Å². The fourth-order valence-electron chi connectivity index (χ4n) is 4.16. The van der Waals surface area contributed by atoms with Crippen LogP contribution in [0, 0.1) is 5.82 Å². The summed E-state index contributed by atoms with van der Waals surface area (Å²) in [5, 5.41) is 9.59. The molecule has 3 rings (SSSR count). The van der Waals surface area contributed by atoms with Gasteiger partial charge >= 0.3 is 12.3 Å². The number of rotatable bonds is 2. The maximum absolute atomic E-state index is 14.6. The molecule has 1 N–H and O–H groups in total. The highest BCUT2D eigenvalue weighted by molar-refractivity contribution is 5.71. The van der Waals surface area contributed by atoms with Gasteiger partial charge in [-0.05, 0) is 55.7 Å². The molecule has 0 bridgehead atoms. The molecule has 1 aliphatic heterocycles. The van der Waals surface area contributed by atoms with Gasteiger partial charge in [0.1, 0.15) is 11.4 Å². The second kappa shape index (κ2) is 8.06. The van der Waals surface area contributed by atoms with Gasteiger partial charge in [-0.3, -0.25) is 4.90 Å². The molecule has 0 saturated carbocycles. The summed E-state index contributed by atoms with van der Waals surface area (Å²) >= 11 is 0. The van der Waals surface area contributed by atoms with Gasteiger partial charge in [-0.2, -0.15) is 13.2 Å². The van der Waals surface area contributed by atoms with Crippen molar-refractivity contribution in [1.29, 1.82) is 0 Å². The van der Waals surface area contributed by atoms with Gasteiger partial charge in [0.05, 0.1) is 18.2 Å². The minimum Gasteiger partial charge on any atom is -0.444 e. The largest absolute Gasteiger partial charge is 0.444 e. The van der Waals surface area contributed by atoms with E-state index in [-0.39, 0.29) is 17.7 Å². The summed E-state index contributed by atoms with van der Waals surface area (Å²) in [4.78, 5) is 14.4. The molecule has 0 aromatic heterocycles. The molecule has 2 aromatic rings. The summed E-state index contributed by atoms with van der Waals surface area (Å²) < 4.78 is 61.8. The number of hydrogen-bond acceptors (Lipinski definition) is 3. The van der Waals surface area contributed by atoms with Gasteiger partial charge in [0.25, 0.3) is 0 Å². The first-order chi connectivity index (χ1) is 14.7. The number of benzene rings is 2. The molecular formula is C24H27F4NO3. The number of carbonyl (C=O) groups excluding carboxylic acids is 1. The SMILES string of the molecule is CC(C)(C)OC(=O)N1CC(C)(C)c2cc(F)c(CO)cc2C1c1ccccc1C(F)(F)F. The Morgan fingerprint density at radius 2 is 1.78 bits per heavy atom. The van der Waals surface area contributed by atoms with Crippen molar-refractivity contribution in [1.82, 2.24) is 4.90 Å². The molecule has 32 heavy (non-hydrogen) atoms. The summed E-state index contributed by atoms with van der Waals surface area (Å²) in [5.74, 6) is -0.645. The average Bonchev–Trinajstić information content (AvgIpc) is 2.65. The predicted molar refractivity (Wildman–Crippen MR) is 112 cm³/mol. The first-order valence-corrected chi connectivity index (χ1v) is 10.2. The number of amides is 1. The summed E-state index contributed by atoms with van der Waals surface area (Å²) in [6.45, 7) is 7.98. The summed E-state index contributed by atoms with van der Waals surface area (Å²) in [6.07, 6.45) is -5.43. The Morgan fingerprint density at radius 3 is 2.34 bits per heavy atom. The second-order valence-corrected chi connectivity index (χ2v) is 9.67. The zero-order valence-corrected chi connectivity index (χ0v) is 18.7. The molecule has 1 heterocycles. The molecule has 1 aliphatic rings. The fraction of sp³-hybridized carbons (Fsp3) is 0.458. The van der Waals surface area contributed by atoms with Gasteiger partial charge in [-0.1, -0.05) is 32.0 Å². The van der Waals surface area contributed by atoms with Crippen LogP contribution in [0.15, 0.2) is 36.4 Å². The van der Waals surface area contributed by atoms with E-state index in [1.54, 1.807) is 34.6 Å². The number of ether oxygens (including phenoxy) is 1. The smallest absolute Gasteiger partial charge is 0.416 e. The van der Waals surface area contributed by atoms with Crippen LogP contribution in [0.2, 0.25) is 0 Å². The molecule has 0 radical (unpaired) electrons. The molecule has 0 spiro atoms. The highest BCUT2D eigenvalue weighted by Crippen LogP contribution is 2.47. The number of carbonyl (C=O) groups is 1. The quantitative estimate of drug-likeness (QED) is 0.572. The molecule has 0 fully saturated rings. The average molecular weight is 453 g/mol. The van der Waals surface area contributed by atoms with Crippen LogP contribution in [-0.4, -0.2) is 28.2 Å². The van der Waals surface area contributed by atoms with Crippen LogP contribution in [0.4, 0.5) is 22.4 Å². The zero-order valence-electron chi connectivity index (χ0n) is 18.7. The maximum Gasteiger partial charge on any atom is 0.416 e. The van der Waals surface area contributed by atoms with Gasteiger partial charge in [-0.15, -0.1) is 0 Å². The molecule has 4 nitrogen and oxygen atoms in total. The first-order valence-electron chi connectivity index (χ1n) is 10.2. The van der Waals surface area contributed by atoms with E-state index < -0.39 is 47.3 Å². The van der Waals surface area contributed by atoms with Gasteiger partial charge in [0, 0.05) is 17.5 Å². The molecule has 1 unspecified atom stereocenters. The van der Waals surface area contributed by atoms with Gasteiger partial charge in [0.15, 0.2) is 0 Å². The highest BCUT2D eigenvalue weighted by Gasteiger charge is 2.45. The summed E-state index contributed by atoms with van der Waals surface area (Å²) in [5.41, 5.74) is -1.92. The molecular weight excluding hydrogens is 426 g/mol. The van der Waals surface area contributed by atoms with Crippen molar-refractivity contribution in [3.8, 4) is 0 Å². The van der Waals surface area contributed by atoms with Crippen LogP contribution in [0.25, 0.3) is 0 Å². The van der Waals surface area contributed by atoms with Crippen LogP contribution < -0.4 is 0 Å². The predicted octanol–water partition coefficient (Wildman–Crippen LogP) is 5.95. The molecule has 1 amide bonds. The minimum atomic E-state index is -4.66. The van der Waals surface area contributed by atoms with Crippen molar-refractivity contribution < 1.29 is 32.2 Å². The van der Waals surface area contributed by atoms with E-state index >= 15 is 0 Å². The van der Waals surface area contributed by atoms with E-state index in [1.807, 2.05) is 0 Å². The van der Waals surface area contributed by atoms with Crippen LogP contribution in [0.1, 0.15) is 68.5 Å². The van der Waals surface area contributed by atoms with Crippen LogP contribution >= 0.6 is 0 Å². The molecule has 174 valence electrons. The van der Waals surface area contributed by atoms with Crippen molar-refractivity contribution in [2.45, 2.75) is 64.5 Å². The van der Waals surface area contributed by atoms with E-state index in [0.29, 0.717) is 11.1 Å². The third kappa shape index (κ3) is 4.60. The number of alkyl halides is 3. The normalized spacial score (nSPS) is 18.3. The minimum absolute atomic E-state index is 0.0175. The van der Waals surface area contributed by atoms with E-state index in [0.717, 1.165) is 6.07 Å². The van der Waals surface area contributed by atoms with Crippen LogP contribution in [0.5, 0.6) is 0 Å². The standard InChI is InChI=1S/C24H27F4NO3/c1-22(2,3)32-21(31)29-13-23(4,5)18-11-19(25)14(12-30)10-16(18)20(29)15-8-6-7-9-17(15)24(26,27)28/h6-11,20,30H,12-13H2,1-5H3. The first kappa shape index (κ1) is 24.0. The highest BCUT2D eigenvalue weighted by atomic mass is 19.4. The summed E-state index contributed by atoms with van der Waals surface area (Å²) in [7, 11) is 0. The van der Waals surface area contributed by atoms with E-state index in [1.165, 1.54) is 35.2 Å². The number of hydrogen-bond donors (Lipinski definition) is 1. The number of halogens is 4. The van der Waals surface area contributed by atoms with Crippen molar-refractivity contribution in [3.05, 3.63) is 70.0 Å². The Morgan fingerprint density at radius 1 is 1.16 bits per heavy atom. The zero-order chi connectivity index (χ0) is 24.1. The lowest BCUT2D eigenvalue weighted by molar-refractivity contribution is -0.138. The fourth-order valence-corrected chi connectivity index (χ4v) is 4.16. The lowest BCUT2D eigenvalue weighted by Crippen LogP contribution is -2.50. The monoisotopic (exact) mass is 453 g/mol. The third-order valence-corrected chi connectivity index (χ3v) is 5.48. The second-order valence-electron chi connectivity index (χ2n) is 9.67. The third-order valence-electron chi connectivity index (χ3n) is 5.48. The Bertz CT molecular complexity index is 1020. The van der Waals surface area contributed by atoms with E-state index in [9.17, 15) is 27.5 Å². The maximum atomic E-state index is 14.6. The van der Waals surface area contributed by atoms with Gasteiger partial charge in [0.2, 0.25) is 0 Å². The Labute approximate surface area is 184 Å². The number of fused-ring (bicyclic) bond motifs is 1. The van der Waals surface area contributed by atoms with E-state index in [4.69, 9.17) is 4.74 Å². The van der Waals surface area contributed by atoms with Crippen molar-refractivity contribution in [2.24, 2.45) is 0 Å². The van der Waals surface area contributed by atoms with Crippen molar-refractivity contribution >= 4 is 6.09 Å². The molecule has 2 aromatic carbocycles. The number of nitrogens with zero attached hydrogens (tertiary/aromatic N) is 1. The number of aliphatic hydroxyl groups is 1. The summed E-state index contributed by atoms with van der Waals surface area (Å²) in [6, 6.07) is 6.44.